The van der Waals surface area contributed by atoms with E-state index >= 15 is 0 Å². The van der Waals surface area contributed by atoms with Crippen molar-refractivity contribution in [2.75, 3.05) is 13.1 Å². The highest BCUT2D eigenvalue weighted by atomic mass is 16.3. The van der Waals surface area contributed by atoms with Crippen molar-refractivity contribution in [3.8, 4) is 11.8 Å². The van der Waals surface area contributed by atoms with E-state index in [2.05, 4.69) is 17.2 Å². The number of piperidine rings is 1. The fourth-order valence-corrected chi connectivity index (χ4v) is 2.03. The molecule has 0 aromatic heterocycles. The van der Waals surface area contributed by atoms with E-state index in [9.17, 15) is 5.11 Å². The number of nitrogens with one attached hydrogen (secondary N) is 1. The molecule has 1 aliphatic rings. The molecule has 1 fully saturated rings. The van der Waals surface area contributed by atoms with Crippen LogP contribution in [-0.4, -0.2) is 23.8 Å². The molecule has 0 amide bonds. The molecule has 0 spiro atoms. The first-order valence-corrected chi connectivity index (χ1v) is 5.49. The van der Waals surface area contributed by atoms with E-state index in [1.165, 1.54) is 6.42 Å². The zero-order valence-electron chi connectivity index (χ0n) is 9.27. The lowest BCUT2D eigenvalue weighted by Gasteiger charge is -2.35. The summed E-state index contributed by atoms with van der Waals surface area (Å²) in [6.45, 7) is 5.84. The van der Waals surface area contributed by atoms with Crippen LogP contribution in [0.15, 0.2) is 0 Å². The smallest absolute Gasteiger partial charge is 0.0669 e. The predicted octanol–water partition coefficient (Wildman–Crippen LogP) is 1.54. The van der Waals surface area contributed by atoms with Gasteiger partial charge in [0.05, 0.1) is 5.60 Å². The summed E-state index contributed by atoms with van der Waals surface area (Å²) >= 11 is 0. The van der Waals surface area contributed by atoms with E-state index in [-0.39, 0.29) is 0 Å². The summed E-state index contributed by atoms with van der Waals surface area (Å²) in [4.78, 5) is 0. The zero-order chi connectivity index (χ0) is 10.4. The van der Waals surface area contributed by atoms with Gasteiger partial charge in [0, 0.05) is 13.0 Å². The largest absolute Gasteiger partial charge is 0.390 e. The standard InChI is InChI=1S/C12H21NO/c1-3-4-5-8-12(2,14)11-7-6-9-13-10-11/h11,13-14H,5-10H2,1-2H3. The molecule has 2 unspecified atom stereocenters. The minimum Gasteiger partial charge on any atom is -0.390 e. The quantitative estimate of drug-likeness (QED) is 0.670. The predicted molar refractivity (Wildman–Crippen MR) is 58.9 cm³/mol. The minimum atomic E-state index is -0.544. The van der Waals surface area contributed by atoms with Crippen LogP contribution in [0, 0.1) is 17.8 Å². The van der Waals surface area contributed by atoms with Gasteiger partial charge in [0.25, 0.3) is 0 Å². The van der Waals surface area contributed by atoms with Gasteiger partial charge < -0.3 is 10.4 Å². The van der Waals surface area contributed by atoms with Gasteiger partial charge in [0.15, 0.2) is 0 Å². The van der Waals surface area contributed by atoms with Crippen LogP contribution in [0.4, 0.5) is 0 Å². The normalized spacial score (nSPS) is 26.1. The monoisotopic (exact) mass is 195 g/mol. The molecule has 1 aliphatic heterocycles. The number of hydrogen-bond acceptors (Lipinski definition) is 2. The van der Waals surface area contributed by atoms with Crippen molar-refractivity contribution in [2.45, 2.75) is 45.1 Å². The van der Waals surface area contributed by atoms with E-state index in [4.69, 9.17) is 0 Å². The number of hydrogen-bond donors (Lipinski definition) is 2. The summed E-state index contributed by atoms with van der Waals surface area (Å²) < 4.78 is 0. The Labute approximate surface area is 87.1 Å². The molecule has 1 saturated heterocycles. The highest BCUT2D eigenvalue weighted by Gasteiger charge is 2.31. The summed E-state index contributed by atoms with van der Waals surface area (Å²) in [5.41, 5.74) is -0.544. The van der Waals surface area contributed by atoms with Crippen LogP contribution in [0.3, 0.4) is 0 Å². The third kappa shape index (κ3) is 3.32. The molecule has 2 nitrogen and oxygen atoms in total. The lowest BCUT2D eigenvalue weighted by Crippen LogP contribution is -2.44. The van der Waals surface area contributed by atoms with Gasteiger partial charge in [-0.05, 0) is 45.6 Å². The summed E-state index contributed by atoms with van der Waals surface area (Å²) in [6.07, 6.45) is 3.92. The minimum absolute atomic E-state index is 0.398. The van der Waals surface area contributed by atoms with E-state index in [0.29, 0.717) is 5.92 Å². The highest BCUT2D eigenvalue weighted by Crippen LogP contribution is 2.27. The molecule has 80 valence electrons. The number of aliphatic hydroxyl groups is 1. The molecule has 0 radical (unpaired) electrons. The van der Waals surface area contributed by atoms with Gasteiger partial charge in [0.2, 0.25) is 0 Å². The van der Waals surface area contributed by atoms with Crippen LogP contribution in [-0.2, 0) is 0 Å². The second-order valence-electron chi connectivity index (χ2n) is 4.33. The molecule has 0 aromatic carbocycles. The summed E-state index contributed by atoms with van der Waals surface area (Å²) in [7, 11) is 0. The van der Waals surface area contributed by atoms with Crippen molar-refractivity contribution in [1.82, 2.24) is 5.32 Å². The van der Waals surface area contributed by atoms with Crippen LogP contribution in [0.25, 0.3) is 0 Å². The molecular weight excluding hydrogens is 174 g/mol. The van der Waals surface area contributed by atoms with Crippen LogP contribution in [0.1, 0.15) is 39.5 Å². The molecule has 2 heteroatoms. The molecule has 2 N–H and O–H groups in total. The fraction of sp³-hybridized carbons (Fsp3) is 0.833. The first-order chi connectivity index (χ1) is 6.67. The average Bonchev–Trinajstić information content (AvgIpc) is 2.19. The first kappa shape index (κ1) is 11.6. The van der Waals surface area contributed by atoms with E-state index < -0.39 is 5.60 Å². The summed E-state index contributed by atoms with van der Waals surface area (Å²) in [5.74, 6) is 6.28. The molecule has 1 rings (SSSR count). The van der Waals surface area contributed by atoms with Crippen LogP contribution >= 0.6 is 0 Å². The van der Waals surface area contributed by atoms with Crippen molar-refractivity contribution in [3.05, 3.63) is 0 Å². The second kappa shape index (κ2) is 5.38. The molecule has 0 aliphatic carbocycles. The second-order valence-corrected chi connectivity index (χ2v) is 4.33. The van der Waals surface area contributed by atoms with Gasteiger partial charge in [-0.3, -0.25) is 0 Å². The molecule has 0 saturated carbocycles. The van der Waals surface area contributed by atoms with Gasteiger partial charge in [-0.2, -0.15) is 0 Å². The molecule has 0 aromatic rings. The molecule has 2 atom stereocenters. The molecular formula is C12H21NO. The zero-order valence-corrected chi connectivity index (χ0v) is 9.27. The molecule has 0 bridgehead atoms. The van der Waals surface area contributed by atoms with E-state index in [0.717, 1.165) is 32.4 Å². The molecule has 14 heavy (non-hydrogen) atoms. The Morgan fingerprint density at radius 2 is 2.36 bits per heavy atom. The van der Waals surface area contributed by atoms with Gasteiger partial charge >= 0.3 is 0 Å². The van der Waals surface area contributed by atoms with Crippen LogP contribution < -0.4 is 5.32 Å². The fourth-order valence-electron chi connectivity index (χ4n) is 2.03. The van der Waals surface area contributed by atoms with Gasteiger partial charge in [0.1, 0.15) is 0 Å². The Morgan fingerprint density at radius 3 is 2.93 bits per heavy atom. The van der Waals surface area contributed by atoms with Crippen LogP contribution in [0.2, 0.25) is 0 Å². The Hall–Kier alpha value is -0.520. The maximum Gasteiger partial charge on any atom is 0.0669 e. The summed E-state index contributed by atoms with van der Waals surface area (Å²) in [6, 6.07) is 0. The lowest BCUT2D eigenvalue weighted by molar-refractivity contribution is -0.0166. The van der Waals surface area contributed by atoms with Crippen LogP contribution in [0.5, 0.6) is 0 Å². The van der Waals surface area contributed by atoms with Gasteiger partial charge in [-0.15, -0.1) is 11.8 Å². The number of rotatable bonds is 3. The average molecular weight is 195 g/mol. The topological polar surface area (TPSA) is 32.3 Å². The molecule has 1 heterocycles. The maximum atomic E-state index is 10.3. The van der Waals surface area contributed by atoms with E-state index in [1.807, 2.05) is 13.8 Å². The Kier molecular flexibility index (Phi) is 4.44. The van der Waals surface area contributed by atoms with Crippen molar-refractivity contribution in [1.29, 1.82) is 0 Å². The van der Waals surface area contributed by atoms with E-state index in [1.54, 1.807) is 0 Å². The SMILES string of the molecule is CC#CCCC(C)(O)C1CCCNC1. The highest BCUT2D eigenvalue weighted by molar-refractivity contribution is 4.97. The Balaban J connectivity index is 2.39. The van der Waals surface area contributed by atoms with Crippen molar-refractivity contribution in [2.24, 2.45) is 5.92 Å². The lowest BCUT2D eigenvalue weighted by atomic mass is 9.81. The maximum absolute atomic E-state index is 10.3. The van der Waals surface area contributed by atoms with Crippen molar-refractivity contribution >= 4 is 0 Å². The van der Waals surface area contributed by atoms with Crippen molar-refractivity contribution < 1.29 is 5.11 Å². The third-order valence-electron chi connectivity index (χ3n) is 3.11. The Bertz CT molecular complexity index is 218. The third-order valence-corrected chi connectivity index (χ3v) is 3.11. The van der Waals surface area contributed by atoms with Crippen molar-refractivity contribution in [3.63, 3.8) is 0 Å². The van der Waals surface area contributed by atoms with Gasteiger partial charge in [-0.25, -0.2) is 0 Å². The van der Waals surface area contributed by atoms with Gasteiger partial charge in [-0.1, -0.05) is 0 Å². The first-order valence-electron chi connectivity index (χ1n) is 5.49. The summed E-state index contributed by atoms with van der Waals surface area (Å²) in [5, 5.41) is 13.6. The Morgan fingerprint density at radius 1 is 1.57 bits per heavy atom.